The molecule has 32 heavy (non-hydrogen) atoms. The fourth-order valence-electron chi connectivity index (χ4n) is 3.61. The summed E-state index contributed by atoms with van der Waals surface area (Å²) in [7, 11) is 1.38. The molecule has 1 N–H and O–H groups in total. The molecule has 1 amide bonds. The van der Waals surface area contributed by atoms with Gasteiger partial charge in [0.15, 0.2) is 11.5 Å². The Labute approximate surface area is 191 Å². The number of carbonyl (C=O) groups is 3. The van der Waals surface area contributed by atoms with Crippen LogP contribution in [-0.2, 0) is 28.6 Å². The van der Waals surface area contributed by atoms with Crippen LogP contribution in [0.15, 0.2) is 28.3 Å². The Balaban J connectivity index is 2.96. The van der Waals surface area contributed by atoms with Gasteiger partial charge >= 0.3 is 11.9 Å². The molecule has 0 aromatic heterocycles. The first-order valence-electron chi connectivity index (χ1n) is 11.2. The number of ether oxygens (including phenoxy) is 3. The van der Waals surface area contributed by atoms with Crippen molar-refractivity contribution in [1.82, 2.24) is 5.32 Å². The number of nitrogens with one attached hydrogen (secondary N) is 1. The van der Waals surface area contributed by atoms with Crippen molar-refractivity contribution < 1.29 is 28.6 Å². The maximum absolute atomic E-state index is 12.9. The fourth-order valence-corrected chi connectivity index (χ4v) is 3.61. The Kier molecular flexibility index (Phi) is 11.2. The van der Waals surface area contributed by atoms with E-state index in [-0.39, 0.29) is 29.2 Å². The van der Waals surface area contributed by atoms with Crippen molar-refractivity contribution in [2.75, 3.05) is 7.11 Å². The number of nitrogens with zero attached hydrogens (tertiary/aromatic N) is 1. The fraction of sp³-hybridized carbons (Fsp3) is 0.667. The number of aliphatic imine (C=N–C) groups is 1. The van der Waals surface area contributed by atoms with Crippen LogP contribution in [-0.4, -0.2) is 43.8 Å². The van der Waals surface area contributed by atoms with Gasteiger partial charge in [-0.15, -0.1) is 0 Å². The zero-order valence-electron chi connectivity index (χ0n) is 20.4. The second-order valence-electron chi connectivity index (χ2n) is 8.51. The van der Waals surface area contributed by atoms with Crippen molar-refractivity contribution in [3.05, 3.63) is 23.3 Å². The molecule has 0 bridgehead atoms. The number of rotatable bonds is 11. The Morgan fingerprint density at radius 2 is 1.66 bits per heavy atom. The van der Waals surface area contributed by atoms with Gasteiger partial charge in [0.05, 0.1) is 13.0 Å². The molecule has 3 atom stereocenters. The Bertz CT molecular complexity index is 750. The van der Waals surface area contributed by atoms with E-state index in [1.807, 2.05) is 6.92 Å². The van der Waals surface area contributed by atoms with Gasteiger partial charge in [-0.25, -0.2) is 4.79 Å². The van der Waals surface area contributed by atoms with Crippen molar-refractivity contribution in [3.8, 4) is 0 Å². The summed E-state index contributed by atoms with van der Waals surface area (Å²) in [5, 5.41) is 2.55. The first-order valence-corrected chi connectivity index (χ1v) is 11.2. The number of hydrogen-bond acceptors (Lipinski definition) is 7. The summed E-state index contributed by atoms with van der Waals surface area (Å²) in [5.74, 6) is -1.50. The number of methoxy groups -OCH3 is 1. The monoisotopic (exact) mass is 450 g/mol. The molecule has 0 aromatic rings. The van der Waals surface area contributed by atoms with E-state index in [9.17, 15) is 14.4 Å². The van der Waals surface area contributed by atoms with E-state index in [1.165, 1.54) is 33.0 Å². The first kappa shape index (κ1) is 27.4. The van der Waals surface area contributed by atoms with Crippen LogP contribution in [0.2, 0.25) is 0 Å². The van der Waals surface area contributed by atoms with Gasteiger partial charge in [0.25, 0.3) is 5.91 Å². The predicted octanol–water partition coefficient (Wildman–Crippen LogP) is 3.91. The number of carbonyl (C=O) groups excluding carboxylic acids is 3. The van der Waals surface area contributed by atoms with Gasteiger partial charge < -0.3 is 19.5 Å². The lowest BCUT2D eigenvalue weighted by atomic mass is 9.88. The smallest absolute Gasteiger partial charge is 0.328 e. The van der Waals surface area contributed by atoms with Crippen LogP contribution in [0, 0.1) is 17.8 Å². The summed E-state index contributed by atoms with van der Waals surface area (Å²) < 4.78 is 16.2. The van der Waals surface area contributed by atoms with E-state index in [0.717, 1.165) is 12.8 Å². The summed E-state index contributed by atoms with van der Waals surface area (Å²) in [6, 6.07) is -0.934. The number of esters is 2. The molecule has 0 radical (unpaired) electrons. The highest BCUT2D eigenvalue weighted by Gasteiger charge is 2.30. The third kappa shape index (κ3) is 7.50. The number of allylic oxidation sites excluding steroid dienone is 1. The van der Waals surface area contributed by atoms with Crippen molar-refractivity contribution in [1.29, 1.82) is 0 Å². The lowest BCUT2D eigenvalue weighted by molar-refractivity contribution is -0.154. The highest BCUT2D eigenvalue weighted by atomic mass is 16.6. The Morgan fingerprint density at radius 3 is 2.12 bits per heavy atom. The van der Waals surface area contributed by atoms with Gasteiger partial charge in [-0.2, -0.15) is 0 Å². The van der Waals surface area contributed by atoms with Gasteiger partial charge in [-0.3, -0.25) is 14.6 Å². The van der Waals surface area contributed by atoms with Crippen molar-refractivity contribution >= 4 is 24.6 Å². The van der Waals surface area contributed by atoms with Crippen molar-refractivity contribution in [3.63, 3.8) is 0 Å². The lowest BCUT2D eigenvalue weighted by Crippen LogP contribution is -2.42. The molecular formula is C24H38N2O6. The van der Waals surface area contributed by atoms with Gasteiger partial charge in [-0.1, -0.05) is 46.5 Å². The molecule has 8 heteroatoms. The largest absolute Gasteiger partial charge is 0.493 e. The number of hydrogen-bond donors (Lipinski definition) is 1. The quantitative estimate of drug-likeness (QED) is 0.168. The molecule has 1 fully saturated rings. The van der Waals surface area contributed by atoms with Gasteiger partial charge in [0, 0.05) is 0 Å². The number of amides is 1. The van der Waals surface area contributed by atoms with E-state index in [0.29, 0.717) is 5.92 Å². The average molecular weight is 451 g/mol. The molecule has 1 aliphatic carbocycles. The predicted molar refractivity (Wildman–Crippen MR) is 123 cm³/mol. The summed E-state index contributed by atoms with van der Waals surface area (Å²) in [5.41, 5.74) is -0.263. The molecule has 1 aliphatic rings. The average Bonchev–Trinajstić information content (AvgIpc) is 3.28. The summed E-state index contributed by atoms with van der Waals surface area (Å²) >= 11 is 0. The molecular weight excluding hydrogens is 412 g/mol. The van der Waals surface area contributed by atoms with E-state index >= 15 is 0 Å². The zero-order valence-corrected chi connectivity index (χ0v) is 20.4. The standard InChI is InChI=1S/C24H38N2O6/c1-9-19(30-8)21(32-23(28)14(2)3)20(25-7)22(27)26-16(5)24(29)31-17(6)15(4)18-12-10-11-13-18/h9,14-18H,7,10-13H2,1-6,8H3,(H,26,27)/b19-9+,21-20+/t15-,16-,17+/m0/s1. The molecule has 0 saturated heterocycles. The summed E-state index contributed by atoms with van der Waals surface area (Å²) in [4.78, 5) is 41.3. The van der Waals surface area contributed by atoms with Gasteiger partial charge in [-0.05, 0) is 45.4 Å². The van der Waals surface area contributed by atoms with E-state index in [2.05, 4.69) is 24.0 Å². The summed E-state index contributed by atoms with van der Waals surface area (Å²) in [6.07, 6.45) is 6.00. The maximum Gasteiger partial charge on any atom is 0.328 e. The third-order valence-corrected chi connectivity index (χ3v) is 5.86. The SMILES string of the molecule is C=N/C(C(=O)N[C@@H](C)C(=O)O[C@H](C)[C@H](C)C1CCCC1)=C(OC(=O)C(C)C)\C(=C/C)OC. The van der Waals surface area contributed by atoms with Crippen LogP contribution >= 0.6 is 0 Å². The van der Waals surface area contributed by atoms with E-state index < -0.39 is 29.8 Å². The Morgan fingerprint density at radius 1 is 1.06 bits per heavy atom. The molecule has 0 aromatic carbocycles. The molecule has 1 saturated carbocycles. The van der Waals surface area contributed by atoms with Crippen LogP contribution in [0.25, 0.3) is 0 Å². The minimum absolute atomic E-state index is 0.144. The zero-order chi connectivity index (χ0) is 24.4. The van der Waals surface area contributed by atoms with Crippen molar-refractivity contribution in [2.24, 2.45) is 22.7 Å². The van der Waals surface area contributed by atoms with Gasteiger partial charge in [0.1, 0.15) is 12.1 Å². The molecule has 0 aliphatic heterocycles. The molecule has 0 unspecified atom stereocenters. The van der Waals surface area contributed by atoms with Crippen LogP contribution in [0.4, 0.5) is 0 Å². The van der Waals surface area contributed by atoms with Crippen LogP contribution in [0.5, 0.6) is 0 Å². The molecule has 0 spiro atoms. The third-order valence-electron chi connectivity index (χ3n) is 5.86. The highest BCUT2D eigenvalue weighted by molar-refractivity contribution is 5.97. The summed E-state index contributed by atoms with van der Waals surface area (Å²) in [6.45, 7) is 13.9. The molecule has 1 rings (SSSR count). The second-order valence-corrected chi connectivity index (χ2v) is 8.51. The normalized spacial score (nSPS) is 18.3. The van der Waals surface area contributed by atoms with Crippen molar-refractivity contribution in [2.45, 2.75) is 79.4 Å². The topological polar surface area (TPSA) is 103 Å². The van der Waals surface area contributed by atoms with Crippen LogP contribution in [0.3, 0.4) is 0 Å². The maximum atomic E-state index is 12.9. The minimum atomic E-state index is -0.934. The molecule has 8 nitrogen and oxygen atoms in total. The minimum Gasteiger partial charge on any atom is -0.493 e. The Hall–Kier alpha value is -2.64. The molecule has 180 valence electrons. The highest BCUT2D eigenvalue weighted by Crippen LogP contribution is 2.33. The van der Waals surface area contributed by atoms with Crippen LogP contribution in [0.1, 0.15) is 67.2 Å². The van der Waals surface area contributed by atoms with E-state index in [4.69, 9.17) is 14.2 Å². The van der Waals surface area contributed by atoms with Crippen LogP contribution < -0.4 is 5.32 Å². The van der Waals surface area contributed by atoms with E-state index in [1.54, 1.807) is 20.8 Å². The van der Waals surface area contributed by atoms with Gasteiger partial charge in [0.2, 0.25) is 5.76 Å². The molecule has 0 heterocycles. The second kappa shape index (κ2) is 13.0. The first-order chi connectivity index (χ1) is 15.1. The lowest BCUT2D eigenvalue weighted by Gasteiger charge is -2.27.